The number of hydrogen-bond donors (Lipinski definition) is 1. The van der Waals surface area contributed by atoms with Crippen LogP contribution in [0.15, 0.2) is 48.5 Å². The number of hydrogen-bond acceptors (Lipinski definition) is 6. The Labute approximate surface area is 209 Å². The van der Waals surface area contributed by atoms with E-state index in [1.165, 1.54) is 4.68 Å². The van der Waals surface area contributed by atoms with Gasteiger partial charge in [0.15, 0.2) is 0 Å². The SMILES string of the molecule is Cc1ccc(N2CCc3c(N)nn(C(=O)CCN4CCN(c5ccc(Cl)cc5)CC4)c3C2=O)cc1. The number of carbonyl (C=O) groups is 2. The molecule has 2 aromatic carbocycles. The number of anilines is 3. The molecule has 0 saturated carbocycles. The topological polar surface area (TPSA) is 87.7 Å². The molecule has 2 aliphatic rings. The molecule has 1 fully saturated rings. The number of piperazine rings is 1. The van der Waals surface area contributed by atoms with Crippen LogP contribution in [0.25, 0.3) is 0 Å². The summed E-state index contributed by atoms with van der Waals surface area (Å²) in [6.07, 6.45) is 0.840. The fraction of sp³-hybridized carbons (Fsp3) is 0.346. The molecule has 3 aromatic rings. The lowest BCUT2D eigenvalue weighted by molar-refractivity contribution is 0.0840. The molecule has 8 nitrogen and oxygen atoms in total. The fourth-order valence-corrected chi connectivity index (χ4v) is 4.91. The molecule has 0 radical (unpaired) electrons. The van der Waals surface area contributed by atoms with E-state index in [0.717, 1.165) is 48.1 Å². The van der Waals surface area contributed by atoms with Gasteiger partial charge in [0.05, 0.1) is 0 Å². The van der Waals surface area contributed by atoms with E-state index < -0.39 is 0 Å². The van der Waals surface area contributed by atoms with Crippen molar-refractivity contribution in [2.75, 3.05) is 54.8 Å². The van der Waals surface area contributed by atoms with Crippen LogP contribution in [0, 0.1) is 6.92 Å². The molecule has 0 bridgehead atoms. The summed E-state index contributed by atoms with van der Waals surface area (Å²) in [7, 11) is 0. The number of aryl methyl sites for hydroxylation is 1. The standard InChI is InChI=1S/C26H29ClN6O2/c1-18-2-6-21(7-3-18)32-13-10-22-24(26(32)35)33(29-25(22)28)23(34)11-12-30-14-16-31(17-15-30)20-8-4-19(27)5-9-20/h2-9H,10-17H2,1H3,(H2,28,29). The third-order valence-corrected chi connectivity index (χ3v) is 7.09. The van der Waals surface area contributed by atoms with Crippen molar-refractivity contribution in [3.8, 4) is 0 Å². The first-order valence-electron chi connectivity index (χ1n) is 11.9. The third kappa shape index (κ3) is 4.76. The lowest BCUT2D eigenvalue weighted by Gasteiger charge is -2.36. The summed E-state index contributed by atoms with van der Waals surface area (Å²) in [5.41, 5.74) is 10.2. The van der Waals surface area contributed by atoms with Gasteiger partial charge in [-0.25, -0.2) is 0 Å². The maximum Gasteiger partial charge on any atom is 0.277 e. The highest BCUT2D eigenvalue weighted by atomic mass is 35.5. The maximum absolute atomic E-state index is 13.4. The van der Waals surface area contributed by atoms with Crippen LogP contribution in [-0.4, -0.2) is 65.8 Å². The zero-order chi connectivity index (χ0) is 24.5. The zero-order valence-corrected chi connectivity index (χ0v) is 20.5. The maximum atomic E-state index is 13.4. The average Bonchev–Trinajstić information content (AvgIpc) is 3.22. The van der Waals surface area contributed by atoms with E-state index in [0.29, 0.717) is 30.8 Å². The number of rotatable bonds is 5. The fourth-order valence-electron chi connectivity index (χ4n) is 4.78. The predicted molar refractivity (Wildman–Crippen MR) is 139 cm³/mol. The molecule has 182 valence electrons. The molecular weight excluding hydrogens is 464 g/mol. The van der Waals surface area contributed by atoms with Gasteiger partial charge in [-0.2, -0.15) is 4.68 Å². The van der Waals surface area contributed by atoms with Gasteiger partial charge in [-0.05, 0) is 49.7 Å². The quantitative estimate of drug-likeness (QED) is 0.586. The number of halogens is 1. The smallest absolute Gasteiger partial charge is 0.277 e. The second-order valence-electron chi connectivity index (χ2n) is 9.12. The van der Waals surface area contributed by atoms with Crippen molar-refractivity contribution in [3.05, 3.63) is 70.4 Å². The van der Waals surface area contributed by atoms with Crippen molar-refractivity contribution in [2.24, 2.45) is 0 Å². The van der Waals surface area contributed by atoms with Gasteiger partial charge < -0.3 is 15.5 Å². The second-order valence-corrected chi connectivity index (χ2v) is 9.55. The van der Waals surface area contributed by atoms with E-state index in [1.807, 2.05) is 55.5 Å². The van der Waals surface area contributed by atoms with E-state index in [2.05, 4.69) is 14.9 Å². The Morgan fingerprint density at radius 1 is 0.971 bits per heavy atom. The van der Waals surface area contributed by atoms with Crippen LogP contribution in [0.5, 0.6) is 0 Å². The molecule has 0 aliphatic carbocycles. The molecule has 3 heterocycles. The first kappa shape index (κ1) is 23.4. The minimum atomic E-state index is -0.232. The lowest BCUT2D eigenvalue weighted by atomic mass is 10.0. The number of aromatic nitrogens is 2. The van der Waals surface area contributed by atoms with E-state index in [-0.39, 0.29) is 24.1 Å². The molecule has 0 unspecified atom stereocenters. The minimum absolute atomic E-state index is 0.211. The largest absolute Gasteiger partial charge is 0.382 e. The van der Waals surface area contributed by atoms with Crippen molar-refractivity contribution in [3.63, 3.8) is 0 Å². The van der Waals surface area contributed by atoms with Gasteiger partial charge in [0.2, 0.25) is 5.91 Å². The van der Waals surface area contributed by atoms with Gasteiger partial charge in [-0.1, -0.05) is 29.3 Å². The van der Waals surface area contributed by atoms with Crippen LogP contribution in [-0.2, 0) is 6.42 Å². The molecule has 1 amide bonds. The normalized spacial score (nSPS) is 16.5. The lowest BCUT2D eigenvalue weighted by Crippen LogP contribution is -2.47. The average molecular weight is 493 g/mol. The van der Waals surface area contributed by atoms with Gasteiger partial charge in [0, 0.05) is 67.7 Å². The van der Waals surface area contributed by atoms with E-state index in [1.54, 1.807) is 4.90 Å². The second kappa shape index (κ2) is 9.71. The Morgan fingerprint density at radius 2 is 1.63 bits per heavy atom. The van der Waals surface area contributed by atoms with Crippen molar-refractivity contribution >= 4 is 40.6 Å². The number of nitrogen functional groups attached to an aromatic ring is 1. The Bertz CT molecular complexity index is 1230. The Kier molecular flexibility index (Phi) is 6.49. The highest BCUT2D eigenvalue weighted by Crippen LogP contribution is 2.28. The summed E-state index contributed by atoms with van der Waals surface area (Å²) in [4.78, 5) is 32.8. The first-order chi connectivity index (χ1) is 16.9. The van der Waals surface area contributed by atoms with Crippen LogP contribution >= 0.6 is 11.6 Å². The first-order valence-corrected chi connectivity index (χ1v) is 12.3. The minimum Gasteiger partial charge on any atom is -0.382 e. The molecule has 2 N–H and O–H groups in total. The predicted octanol–water partition coefficient (Wildman–Crippen LogP) is 3.48. The van der Waals surface area contributed by atoms with E-state index in [4.69, 9.17) is 17.3 Å². The molecular formula is C26H29ClN6O2. The number of nitrogens with zero attached hydrogens (tertiary/aromatic N) is 5. The third-order valence-electron chi connectivity index (χ3n) is 6.84. The highest BCUT2D eigenvalue weighted by molar-refractivity contribution is 6.30. The molecule has 0 spiro atoms. The molecule has 1 saturated heterocycles. The summed E-state index contributed by atoms with van der Waals surface area (Å²) < 4.78 is 1.23. The Hall–Kier alpha value is -3.36. The summed E-state index contributed by atoms with van der Waals surface area (Å²) in [5.74, 6) is -0.178. The molecule has 9 heteroatoms. The van der Waals surface area contributed by atoms with Gasteiger partial charge in [0.1, 0.15) is 11.5 Å². The molecule has 35 heavy (non-hydrogen) atoms. The summed E-state index contributed by atoms with van der Waals surface area (Å²) >= 11 is 6.00. The van der Waals surface area contributed by atoms with Crippen LogP contribution in [0.1, 0.15) is 32.8 Å². The van der Waals surface area contributed by atoms with Crippen molar-refractivity contribution in [1.29, 1.82) is 0 Å². The van der Waals surface area contributed by atoms with Crippen molar-refractivity contribution < 1.29 is 9.59 Å². The molecule has 2 aliphatic heterocycles. The molecule has 1 aromatic heterocycles. The van der Waals surface area contributed by atoms with Crippen LogP contribution in [0.2, 0.25) is 5.02 Å². The van der Waals surface area contributed by atoms with Gasteiger partial charge in [-0.3, -0.25) is 14.5 Å². The van der Waals surface area contributed by atoms with Crippen molar-refractivity contribution in [2.45, 2.75) is 19.8 Å². The number of nitrogens with two attached hydrogens (primary N) is 1. The monoisotopic (exact) mass is 492 g/mol. The number of fused-ring (bicyclic) bond motifs is 1. The van der Waals surface area contributed by atoms with Gasteiger partial charge >= 0.3 is 0 Å². The summed E-state index contributed by atoms with van der Waals surface area (Å²) in [6.45, 7) is 6.60. The van der Waals surface area contributed by atoms with Crippen molar-refractivity contribution in [1.82, 2.24) is 14.7 Å². The summed E-state index contributed by atoms with van der Waals surface area (Å²) in [6, 6.07) is 15.7. The number of carbonyl (C=O) groups excluding carboxylic acids is 2. The Balaban J connectivity index is 1.23. The number of amides is 1. The van der Waals surface area contributed by atoms with E-state index in [9.17, 15) is 9.59 Å². The van der Waals surface area contributed by atoms with Crippen LogP contribution in [0.4, 0.5) is 17.2 Å². The number of benzene rings is 2. The van der Waals surface area contributed by atoms with E-state index >= 15 is 0 Å². The zero-order valence-electron chi connectivity index (χ0n) is 19.8. The Morgan fingerprint density at radius 3 is 2.31 bits per heavy atom. The summed E-state index contributed by atoms with van der Waals surface area (Å²) in [5, 5.41) is 5.00. The van der Waals surface area contributed by atoms with Gasteiger partial charge in [0.25, 0.3) is 5.91 Å². The molecule has 0 atom stereocenters. The molecule has 5 rings (SSSR count). The highest BCUT2D eigenvalue weighted by Gasteiger charge is 2.34. The van der Waals surface area contributed by atoms with Gasteiger partial charge in [-0.15, -0.1) is 5.10 Å². The van der Waals surface area contributed by atoms with Crippen LogP contribution in [0.3, 0.4) is 0 Å². The van der Waals surface area contributed by atoms with Crippen LogP contribution < -0.4 is 15.5 Å².